The van der Waals surface area contributed by atoms with Crippen LogP contribution in [0.4, 0.5) is 0 Å². The molecule has 0 radical (unpaired) electrons. The minimum atomic E-state index is 0.278. The van der Waals surface area contributed by atoms with Crippen LogP contribution in [-0.2, 0) is 6.54 Å². The molecule has 1 unspecified atom stereocenters. The van der Waals surface area contributed by atoms with Crippen molar-refractivity contribution >= 4 is 16.3 Å². The van der Waals surface area contributed by atoms with E-state index in [0.717, 1.165) is 17.2 Å². The van der Waals surface area contributed by atoms with Crippen LogP contribution in [0.1, 0.15) is 29.8 Å². The molecule has 110 valence electrons. The second-order valence-electron chi connectivity index (χ2n) is 5.08. The number of hydrogen-bond acceptors (Lipinski definition) is 4. The summed E-state index contributed by atoms with van der Waals surface area (Å²) < 4.78 is 7.47. The van der Waals surface area contributed by atoms with Crippen molar-refractivity contribution < 1.29 is 4.74 Å². The molecule has 1 N–H and O–H groups in total. The third-order valence-corrected chi connectivity index (χ3v) is 4.50. The molecule has 0 bridgehead atoms. The van der Waals surface area contributed by atoms with Crippen LogP contribution < -0.4 is 10.1 Å². The summed E-state index contributed by atoms with van der Waals surface area (Å²) in [5, 5.41) is 5.60. The fourth-order valence-corrected chi connectivity index (χ4v) is 3.29. The second-order valence-corrected chi connectivity index (χ2v) is 5.96. The van der Waals surface area contributed by atoms with Gasteiger partial charge in [-0.25, -0.2) is 0 Å². The third-order valence-electron chi connectivity index (χ3n) is 3.75. The maximum Gasteiger partial charge on any atom is 0.237 e. The van der Waals surface area contributed by atoms with E-state index in [2.05, 4.69) is 52.8 Å². The van der Waals surface area contributed by atoms with E-state index in [4.69, 9.17) is 4.74 Å². The number of nitrogens with one attached hydrogen (secondary N) is 1. The number of benzene rings is 1. The van der Waals surface area contributed by atoms with Gasteiger partial charge in [0.15, 0.2) is 4.96 Å². The number of aromatic nitrogens is 2. The first-order valence-electron chi connectivity index (χ1n) is 6.98. The van der Waals surface area contributed by atoms with E-state index in [-0.39, 0.29) is 6.04 Å². The molecule has 21 heavy (non-hydrogen) atoms. The largest absolute Gasteiger partial charge is 0.480 e. The van der Waals surface area contributed by atoms with Gasteiger partial charge in [-0.1, -0.05) is 24.3 Å². The quantitative estimate of drug-likeness (QED) is 0.783. The molecule has 1 atom stereocenters. The second kappa shape index (κ2) is 5.87. The molecule has 2 heterocycles. The molecule has 2 aromatic heterocycles. The molecule has 0 amide bonds. The first-order valence-corrected chi connectivity index (χ1v) is 7.86. The fourth-order valence-electron chi connectivity index (χ4n) is 2.57. The first-order chi connectivity index (χ1) is 10.2. The molecule has 0 saturated carbocycles. The lowest BCUT2D eigenvalue weighted by atomic mass is 10.0. The standard InChI is InChI=1S/C16H19N3OS/c1-11-6-4-5-7-13(11)12(2)17-10-14-15(20-3)18-16-19(14)8-9-21-16/h4-9,12,17H,10H2,1-3H3. The van der Waals surface area contributed by atoms with Crippen LogP contribution >= 0.6 is 11.3 Å². The van der Waals surface area contributed by atoms with E-state index in [1.54, 1.807) is 18.4 Å². The molecule has 4 nitrogen and oxygen atoms in total. The van der Waals surface area contributed by atoms with E-state index in [0.29, 0.717) is 5.88 Å². The van der Waals surface area contributed by atoms with Crippen LogP contribution in [0, 0.1) is 6.92 Å². The van der Waals surface area contributed by atoms with Crippen LogP contribution in [0.25, 0.3) is 4.96 Å². The average molecular weight is 301 g/mol. The number of imidazole rings is 1. The summed E-state index contributed by atoms with van der Waals surface area (Å²) in [5.41, 5.74) is 3.69. The lowest BCUT2D eigenvalue weighted by Crippen LogP contribution is -2.20. The van der Waals surface area contributed by atoms with Crippen molar-refractivity contribution in [3.8, 4) is 5.88 Å². The summed E-state index contributed by atoms with van der Waals surface area (Å²) in [7, 11) is 1.67. The predicted octanol–water partition coefficient (Wildman–Crippen LogP) is 3.56. The Balaban J connectivity index is 1.80. The number of aryl methyl sites for hydroxylation is 1. The van der Waals surface area contributed by atoms with Crippen LogP contribution in [0.2, 0.25) is 0 Å². The summed E-state index contributed by atoms with van der Waals surface area (Å²) in [6.45, 7) is 5.04. The molecule has 1 aromatic carbocycles. The van der Waals surface area contributed by atoms with Crippen molar-refractivity contribution in [2.45, 2.75) is 26.4 Å². The molecule has 0 saturated heterocycles. The van der Waals surface area contributed by atoms with Crippen molar-refractivity contribution in [2.75, 3.05) is 7.11 Å². The van der Waals surface area contributed by atoms with Gasteiger partial charge in [0.25, 0.3) is 0 Å². The van der Waals surface area contributed by atoms with Crippen LogP contribution in [0.3, 0.4) is 0 Å². The Kier molecular flexibility index (Phi) is 3.94. The van der Waals surface area contributed by atoms with Crippen LogP contribution in [0.5, 0.6) is 5.88 Å². The summed E-state index contributed by atoms with van der Waals surface area (Å²) in [5.74, 6) is 0.700. The smallest absolute Gasteiger partial charge is 0.237 e. The third kappa shape index (κ3) is 2.66. The Morgan fingerprint density at radius 2 is 2.19 bits per heavy atom. The van der Waals surface area contributed by atoms with Crippen molar-refractivity contribution in [1.29, 1.82) is 0 Å². The summed E-state index contributed by atoms with van der Waals surface area (Å²) in [6.07, 6.45) is 2.03. The number of rotatable bonds is 5. The minimum Gasteiger partial charge on any atom is -0.480 e. The lowest BCUT2D eigenvalue weighted by molar-refractivity contribution is 0.391. The predicted molar refractivity (Wildman–Crippen MR) is 86.1 cm³/mol. The Bertz CT molecular complexity index is 747. The number of fused-ring (bicyclic) bond motifs is 1. The zero-order chi connectivity index (χ0) is 14.8. The summed E-state index contributed by atoms with van der Waals surface area (Å²) in [6, 6.07) is 8.74. The maximum atomic E-state index is 5.39. The summed E-state index contributed by atoms with van der Waals surface area (Å²) in [4.78, 5) is 5.44. The Hall–Kier alpha value is -1.85. The van der Waals surface area contributed by atoms with E-state index >= 15 is 0 Å². The number of nitrogens with zero attached hydrogens (tertiary/aromatic N) is 2. The molecule has 0 aliphatic carbocycles. The average Bonchev–Trinajstić information content (AvgIpc) is 3.06. The van der Waals surface area contributed by atoms with E-state index in [9.17, 15) is 0 Å². The molecule has 3 rings (SSSR count). The zero-order valence-corrected chi connectivity index (χ0v) is 13.3. The fraction of sp³-hybridized carbons (Fsp3) is 0.312. The van der Waals surface area contributed by atoms with E-state index in [1.807, 2.05) is 11.6 Å². The van der Waals surface area contributed by atoms with Gasteiger partial charge in [0, 0.05) is 24.2 Å². The highest BCUT2D eigenvalue weighted by Crippen LogP contribution is 2.24. The number of hydrogen-bond donors (Lipinski definition) is 1. The van der Waals surface area contributed by atoms with Gasteiger partial charge in [-0.15, -0.1) is 11.3 Å². The van der Waals surface area contributed by atoms with E-state index in [1.165, 1.54) is 11.1 Å². The van der Waals surface area contributed by atoms with E-state index < -0.39 is 0 Å². The molecular formula is C16H19N3OS. The van der Waals surface area contributed by atoms with Gasteiger partial charge in [-0.05, 0) is 25.0 Å². The molecule has 0 aliphatic heterocycles. The van der Waals surface area contributed by atoms with Gasteiger partial charge < -0.3 is 10.1 Å². The Morgan fingerprint density at radius 3 is 2.95 bits per heavy atom. The van der Waals surface area contributed by atoms with Crippen molar-refractivity contribution in [3.63, 3.8) is 0 Å². The van der Waals surface area contributed by atoms with Crippen molar-refractivity contribution in [2.24, 2.45) is 0 Å². The highest BCUT2D eigenvalue weighted by atomic mass is 32.1. The highest BCUT2D eigenvalue weighted by molar-refractivity contribution is 7.15. The van der Waals surface area contributed by atoms with Crippen LogP contribution in [0.15, 0.2) is 35.8 Å². The minimum absolute atomic E-state index is 0.278. The number of ether oxygens (including phenoxy) is 1. The van der Waals surface area contributed by atoms with Gasteiger partial charge in [-0.3, -0.25) is 4.40 Å². The first kappa shape index (κ1) is 14.1. The molecule has 0 spiro atoms. The highest BCUT2D eigenvalue weighted by Gasteiger charge is 2.15. The van der Waals surface area contributed by atoms with Crippen LogP contribution in [-0.4, -0.2) is 16.5 Å². The van der Waals surface area contributed by atoms with Gasteiger partial charge in [0.05, 0.1) is 7.11 Å². The zero-order valence-electron chi connectivity index (χ0n) is 12.5. The number of methoxy groups -OCH3 is 1. The Morgan fingerprint density at radius 1 is 1.38 bits per heavy atom. The monoisotopic (exact) mass is 301 g/mol. The van der Waals surface area contributed by atoms with Gasteiger partial charge in [0.2, 0.25) is 5.88 Å². The van der Waals surface area contributed by atoms with Crippen molar-refractivity contribution in [1.82, 2.24) is 14.7 Å². The normalized spacial score (nSPS) is 12.7. The molecule has 0 aliphatic rings. The molecule has 3 aromatic rings. The van der Waals surface area contributed by atoms with Gasteiger partial charge in [0.1, 0.15) is 5.69 Å². The lowest BCUT2D eigenvalue weighted by Gasteiger charge is -2.16. The van der Waals surface area contributed by atoms with Gasteiger partial charge in [-0.2, -0.15) is 4.98 Å². The Labute approximate surface area is 128 Å². The molecular weight excluding hydrogens is 282 g/mol. The maximum absolute atomic E-state index is 5.39. The number of thiazole rings is 1. The topological polar surface area (TPSA) is 38.6 Å². The molecule has 5 heteroatoms. The molecule has 0 fully saturated rings. The SMILES string of the molecule is COc1nc2sccn2c1CNC(C)c1ccccc1C. The van der Waals surface area contributed by atoms with Gasteiger partial charge >= 0.3 is 0 Å². The van der Waals surface area contributed by atoms with Crippen molar-refractivity contribution in [3.05, 3.63) is 52.7 Å². The summed E-state index contributed by atoms with van der Waals surface area (Å²) >= 11 is 1.61.